The fraction of sp³-hybridized carbons (Fsp3) is 0.727. The van der Waals surface area contributed by atoms with E-state index in [9.17, 15) is 14.4 Å². The number of carbonyl (C=O) groups excluding carboxylic acids is 2. The standard InChI is InChI=1S/C11H18N2O5/c12-9(14)6-8(11(16)17)13-10(15)5-7-3-1-2-4-18-7/h7-8H,1-6H2,(H2,12,14)(H,13,15)(H,16,17). The number of rotatable bonds is 6. The zero-order valence-electron chi connectivity index (χ0n) is 10.1. The Labute approximate surface area is 105 Å². The van der Waals surface area contributed by atoms with Crippen molar-refractivity contribution in [2.24, 2.45) is 5.73 Å². The highest BCUT2D eigenvalue weighted by atomic mass is 16.5. The van der Waals surface area contributed by atoms with Crippen LogP contribution in [0.1, 0.15) is 32.1 Å². The molecule has 0 aromatic rings. The van der Waals surface area contributed by atoms with Gasteiger partial charge in [0.2, 0.25) is 11.8 Å². The zero-order chi connectivity index (χ0) is 13.5. The Hall–Kier alpha value is -1.63. The van der Waals surface area contributed by atoms with Gasteiger partial charge in [0.25, 0.3) is 0 Å². The predicted octanol–water partition coefficient (Wildman–Crippen LogP) is -0.610. The molecule has 0 saturated carbocycles. The summed E-state index contributed by atoms with van der Waals surface area (Å²) < 4.78 is 5.37. The first-order valence-corrected chi connectivity index (χ1v) is 5.91. The predicted molar refractivity (Wildman–Crippen MR) is 61.6 cm³/mol. The largest absolute Gasteiger partial charge is 0.480 e. The lowest BCUT2D eigenvalue weighted by atomic mass is 10.1. The molecule has 0 spiro atoms. The second kappa shape index (κ2) is 6.95. The number of nitrogens with two attached hydrogens (primary N) is 1. The number of hydrogen-bond donors (Lipinski definition) is 3. The van der Waals surface area contributed by atoms with Crippen LogP contribution >= 0.6 is 0 Å². The monoisotopic (exact) mass is 258 g/mol. The maximum atomic E-state index is 11.6. The van der Waals surface area contributed by atoms with Gasteiger partial charge in [-0.2, -0.15) is 0 Å². The van der Waals surface area contributed by atoms with Crippen LogP contribution in [0.25, 0.3) is 0 Å². The van der Waals surface area contributed by atoms with Gasteiger partial charge in [0.05, 0.1) is 18.9 Å². The van der Waals surface area contributed by atoms with Crippen molar-refractivity contribution in [3.05, 3.63) is 0 Å². The summed E-state index contributed by atoms with van der Waals surface area (Å²) in [6.45, 7) is 0.627. The molecule has 1 saturated heterocycles. The van der Waals surface area contributed by atoms with Gasteiger partial charge in [0.1, 0.15) is 6.04 Å². The smallest absolute Gasteiger partial charge is 0.326 e. The summed E-state index contributed by atoms with van der Waals surface area (Å²) in [5.74, 6) is -2.47. The first-order valence-electron chi connectivity index (χ1n) is 5.91. The third-order valence-corrected chi connectivity index (χ3v) is 2.73. The normalized spacial score (nSPS) is 21.0. The highest BCUT2D eigenvalue weighted by Crippen LogP contribution is 2.15. The van der Waals surface area contributed by atoms with E-state index in [1.54, 1.807) is 0 Å². The van der Waals surface area contributed by atoms with E-state index in [2.05, 4.69) is 5.32 Å². The Morgan fingerprint density at radius 3 is 2.61 bits per heavy atom. The van der Waals surface area contributed by atoms with Crippen molar-refractivity contribution in [3.8, 4) is 0 Å². The zero-order valence-corrected chi connectivity index (χ0v) is 10.1. The van der Waals surface area contributed by atoms with Crippen molar-refractivity contribution in [1.82, 2.24) is 5.32 Å². The van der Waals surface area contributed by atoms with Crippen molar-refractivity contribution in [2.45, 2.75) is 44.2 Å². The molecule has 18 heavy (non-hydrogen) atoms. The van der Waals surface area contributed by atoms with E-state index in [0.29, 0.717) is 6.61 Å². The fourth-order valence-electron chi connectivity index (χ4n) is 1.83. The first-order chi connectivity index (χ1) is 8.49. The molecule has 102 valence electrons. The van der Waals surface area contributed by atoms with Gasteiger partial charge in [-0.1, -0.05) is 0 Å². The van der Waals surface area contributed by atoms with Crippen LogP contribution in [0, 0.1) is 0 Å². The summed E-state index contributed by atoms with van der Waals surface area (Å²) in [5.41, 5.74) is 4.91. The average Bonchev–Trinajstić information content (AvgIpc) is 2.28. The van der Waals surface area contributed by atoms with Crippen molar-refractivity contribution >= 4 is 17.8 Å². The first kappa shape index (κ1) is 14.4. The highest BCUT2D eigenvalue weighted by Gasteiger charge is 2.24. The number of primary amides is 1. The van der Waals surface area contributed by atoms with Crippen LogP contribution in [0.2, 0.25) is 0 Å². The Morgan fingerprint density at radius 2 is 2.11 bits per heavy atom. The number of amides is 2. The molecule has 1 aliphatic heterocycles. The van der Waals surface area contributed by atoms with Gasteiger partial charge in [-0.25, -0.2) is 4.79 Å². The lowest BCUT2D eigenvalue weighted by Crippen LogP contribution is -2.44. The van der Waals surface area contributed by atoms with Crippen LogP contribution in [0.15, 0.2) is 0 Å². The molecule has 1 aliphatic rings. The summed E-state index contributed by atoms with van der Waals surface area (Å²) in [5, 5.41) is 11.1. The summed E-state index contributed by atoms with van der Waals surface area (Å²) >= 11 is 0. The Balaban J connectivity index is 2.40. The number of carboxylic acids is 1. The molecule has 0 aromatic carbocycles. The molecule has 2 unspecified atom stereocenters. The van der Waals surface area contributed by atoms with E-state index in [-0.39, 0.29) is 12.5 Å². The van der Waals surface area contributed by atoms with E-state index in [1.807, 2.05) is 0 Å². The van der Waals surface area contributed by atoms with Crippen LogP contribution in [0.3, 0.4) is 0 Å². The van der Waals surface area contributed by atoms with Crippen molar-refractivity contribution in [2.75, 3.05) is 6.61 Å². The molecule has 0 aliphatic carbocycles. The number of carboxylic acid groups (broad SMARTS) is 1. The van der Waals surface area contributed by atoms with E-state index in [4.69, 9.17) is 15.6 Å². The Morgan fingerprint density at radius 1 is 1.39 bits per heavy atom. The van der Waals surface area contributed by atoms with Gasteiger partial charge in [-0.3, -0.25) is 9.59 Å². The number of hydrogen-bond acceptors (Lipinski definition) is 4. The van der Waals surface area contributed by atoms with E-state index >= 15 is 0 Å². The molecule has 0 aromatic heterocycles. The van der Waals surface area contributed by atoms with Gasteiger partial charge in [-0.05, 0) is 19.3 Å². The van der Waals surface area contributed by atoms with Crippen LogP contribution in [-0.4, -0.2) is 41.6 Å². The average molecular weight is 258 g/mol. The fourth-order valence-corrected chi connectivity index (χ4v) is 1.83. The molecule has 0 bridgehead atoms. The van der Waals surface area contributed by atoms with Gasteiger partial charge in [-0.15, -0.1) is 0 Å². The minimum absolute atomic E-state index is 0.114. The minimum atomic E-state index is -1.27. The molecule has 7 nitrogen and oxygen atoms in total. The molecule has 1 fully saturated rings. The summed E-state index contributed by atoms with van der Waals surface area (Å²) in [6, 6.07) is -1.27. The maximum Gasteiger partial charge on any atom is 0.326 e. The Kier molecular flexibility index (Phi) is 5.57. The third kappa shape index (κ3) is 5.13. The maximum absolute atomic E-state index is 11.6. The SMILES string of the molecule is NC(=O)CC(NC(=O)CC1CCCCO1)C(=O)O. The molecule has 4 N–H and O–H groups in total. The third-order valence-electron chi connectivity index (χ3n) is 2.73. The summed E-state index contributed by atoms with van der Waals surface area (Å²) in [7, 11) is 0. The van der Waals surface area contributed by atoms with Crippen LogP contribution in [0.5, 0.6) is 0 Å². The molecule has 2 atom stereocenters. The van der Waals surface area contributed by atoms with Gasteiger partial charge in [0, 0.05) is 6.61 Å². The number of ether oxygens (including phenoxy) is 1. The van der Waals surface area contributed by atoms with Gasteiger partial charge < -0.3 is 20.9 Å². The highest BCUT2D eigenvalue weighted by molar-refractivity contribution is 5.88. The quantitative estimate of drug-likeness (QED) is 0.587. The lowest BCUT2D eigenvalue weighted by Gasteiger charge is -2.22. The van der Waals surface area contributed by atoms with Crippen LogP contribution in [-0.2, 0) is 19.1 Å². The van der Waals surface area contributed by atoms with E-state index in [1.165, 1.54) is 0 Å². The summed E-state index contributed by atoms with van der Waals surface area (Å²) in [6.07, 6.45) is 2.32. The minimum Gasteiger partial charge on any atom is -0.480 e. The van der Waals surface area contributed by atoms with E-state index in [0.717, 1.165) is 19.3 Å². The number of carbonyl (C=O) groups is 3. The molecule has 1 rings (SSSR count). The second-order valence-electron chi connectivity index (χ2n) is 4.32. The van der Waals surface area contributed by atoms with Crippen molar-refractivity contribution in [3.63, 3.8) is 0 Å². The van der Waals surface area contributed by atoms with E-state index < -0.39 is 30.2 Å². The molecule has 0 radical (unpaired) electrons. The van der Waals surface area contributed by atoms with Crippen LogP contribution in [0.4, 0.5) is 0 Å². The Bertz CT molecular complexity index is 325. The van der Waals surface area contributed by atoms with Crippen molar-refractivity contribution < 1.29 is 24.2 Å². The molecule has 1 heterocycles. The molecular formula is C11H18N2O5. The van der Waals surface area contributed by atoms with Gasteiger partial charge >= 0.3 is 5.97 Å². The number of nitrogens with one attached hydrogen (secondary N) is 1. The second-order valence-corrected chi connectivity index (χ2v) is 4.32. The molecule has 7 heteroatoms. The number of aliphatic carboxylic acids is 1. The van der Waals surface area contributed by atoms with Crippen LogP contribution < -0.4 is 11.1 Å². The van der Waals surface area contributed by atoms with Gasteiger partial charge in [0.15, 0.2) is 0 Å². The topological polar surface area (TPSA) is 119 Å². The summed E-state index contributed by atoms with van der Waals surface area (Å²) in [4.78, 5) is 33.1. The lowest BCUT2D eigenvalue weighted by molar-refractivity contribution is -0.143. The molecule has 2 amide bonds. The van der Waals surface area contributed by atoms with Crippen molar-refractivity contribution in [1.29, 1.82) is 0 Å². The molecular weight excluding hydrogens is 240 g/mol.